The lowest BCUT2D eigenvalue weighted by molar-refractivity contribution is 0.0668. The summed E-state index contributed by atoms with van der Waals surface area (Å²) < 4.78 is 5.65. The zero-order chi connectivity index (χ0) is 18.5. The van der Waals surface area contributed by atoms with Gasteiger partial charge in [-0.15, -0.1) is 0 Å². The number of amides is 1. The molecule has 3 atom stereocenters. The maximum Gasteiger partial charge on any atom is 0.251 e. The van der Waals surface area contributed by atoms with Crippen LogP contribution in [0.4, 0.5) is 0 Å². The number of carbonyl (C=O) groups excluding carboxylic acids is 1. The first-order valence-electron chi connectivity index (χ1n) is 9.23. The first-order chi connectivity index (χ1) is 12.6. The number of methoxy groups -OCH3 is 1. The van der Waals surface area contributed by atoms with Gasteiger partial charge in [0.05, 0.1) is 16.1 Å². The maximum absolute atomic E-state index is 12.5. The lowest BCUT2D eigenvalue weighted by Gasteiger charge is -2.34. The van der Waals surface area contributed by atoms with Gasteiger partial charge in [0.2, 0.25) is 0 Å². The summed E-state index contributed by atoms with van der Waals surface area (Å²) in [4.78, 5) is 15.1. The van der Waals surface area contributed by atoms with Crippen LogP contribution in [0.15, 0.2) is 30.4 Å². The Morgan fingerprint density at radius 3 is 2.69 bits per heavy atom. The van der Waals surface area contributed by atoms with Gasteiger partial charge in [-0.2, -0.15) is 0 Å². The Labute approximate surface area is 165 Å². The van der Waals surface area contributed by atoms with E-state index in [-0.39, 0.29) is 12.0 Å². The van der Waals surface area contributed by atoms with Crippen LogP contribution in [0.3, 0.4) is 0 Å². The maximum atomic E-state index is 12.5. The van der Waals surface area contributed by atoms with E-state index in [2.05, 4.69) is 22.4 Å². The van der Waals surface area contributed by atoms with Crippen molar-refractivity contribution in [3.8, 4) is 0 Å². The first-order valence-corrected chi connectivity index (χ1v) is 9.99. The van der Waals surface area contributed by atoms with Crippen LogP contribution in [0.25, 0.3) is 0 Å². The fraction of sp³-hybridized carbons (Fsp3) is 0.550. The van der Waals surface area contributed by atoms with Gasteiger partial charge in [-0.25, -0.2) is 0 Å². The summed E-state index contributed by atoms with van der Waals surface area (Å²) in [6.07, 6.45) is 9.09. The highest BCUT2D eigenvalue weighted by atomic mass is 35.5. The number of carbonyl (C=O) groups is 1. The molecule has 0 aromatic heterocycles. The van der Waals surface area contributed by atoms with Crippen molar-refractivity contribution in [2.75, 3.05) is 26.7 Å². The molecule has 0 spiro atoms. The second-order valence-electron chi connectivity index (χ2n) is 7.12. The zero-order valence-electron chi connectivity index (χ0n) is 15.1. The number of hydrogen-bond acceptors (Lipinski definition) is 3. The number of nitrogens with zero attached hydrogens (tertiary/aromatic N) is 1. The van der Waals surface area contributed by atoms with E-state index in [4.69, 9.17) is 27.9 Å². The van der Waals surface area contributed by atoms with Crippen LogP contribution < -0.4 is 5.32 Å². The highest BCUT2D eigenvalue weighted by Crippen LogP contribution is 2.30. The Morgan fingerprint density at radius 1 is 1.23 bits per heavy atom. The van der Waals surface area contributed by atoms with Crippen molar-refractivity contribution in [2.24, 2.45) is 5.92 Å². The molecule has 1 aromatic carbocycles. The summed E-state index contributed by atoms with van der Waals surface area (Å²) in [6, 6.07) is 5.45. The Bertz CT molecular complexity index is 657. The van der Waals surface area contributed by atoms with Crippen LogP contribution in [0.2, 0.25) is 10.0 Å². The Kier molecular flexibility index (Phi) is 6.98. The van der Waals surface area contributed by atoms with E-state index in [0.717, 1.165) is 38.8 Å². The van der Waals surface area contributed by atoms with E-state index in [1.807, 2.05) is 0 Å². The van der Waals surface area contributed by atoms with Crippen molar-refractivity contribution >= 4 is 29.1 Å². The van der Waals surface area contributed by atoms with Crippen molar-refractivity contribution in [1.82, 2.24) is 10.2 Å². The Balaban J connectivity index is 1.66. The molecule has 1 aliphatic heterocycles. The van der Waals surface area contributed by atoms with Crippen molar-refractivity contribution < 1.29 is 9.53 Å². The molecule has 0 bridgehead atoms. The van der Waals surface area contributed by atoms with E-state index in [1.54, 1.807) is 25.3 Å². The zero-order valence-corrected chi connectivity index (χ0v) is 16.6. The second-order valence-corrected chi connectivity index (χ2v) is 7.93. The number of hydrogen-bond donors (Lipinski definition) is 1. The molecule has 26 heavy (non-hydrogen) atoms. The third-order valence-corrected chi connectivity index (χ3v) is 6.23. The van der Waals surface area contributed by atoms with Crippen molar-refractivity contribution in [1.29, 1.82) is 0 Å². The fourth-order valence-electron chi connectivity index (χ4n) is 4.05. The topological polar surface area (TPSA) is 41.6 Å². The van der Waals surface area contributed by atoms with Crippen molar-refractivity contribution in [2.45, 2.75) is 37.8 Å². The monoisotopic (exact) mass is 396 g/mol. The van der Waals surface area contributed by atoms with E-state index in [1.165, 1.54) is 0 Å². The summed E-state index contributed by atoms with van der Waals surface area (Å²) >= 11 is 12.0. The van der Waals surface area contributed by atoms with Gasteiger partial charge in [-0.3, -0.25) is 9.69 Å². The molecule has 1 aromatic rings. The first kappa shape index (κ1) is 19.7. The SMILES string of the molecule is COC1CCCC(N2CC=CC2)C(CNC(=O)c2ccc(Cl)c(Cl)c2)C1. The van der Waals surface area contributed by atoms with Crippen LogP contribution in [0, 0.1) is 5.92 Å². The smallest absolute Gasteiger partial charge is 0.251 e. The van der Waals surface area contributed by atoms with Gasteiger partial charge in [0.1, 0.15) is 0 Å². The molecule has 142 valence electrons. The predicted molar refractivity (Wildman–Crippen MR) is 106 cm³/mol. The van der Waals surface area contributed by atoms with E-state index < -0.39 is 0 Å². The summed E-state index contributed by atoms with van der Waals surface area (Å²) in [7, 11) is 1.79. The minimum Gasteiger partial charge on any atom is -0.381 e. The molecule has 2 aliphatic rings. The summed E-state index contributed by atoms with van der Waals surface area (Å²) in [6.45, 7) is 2.64. The number of halogens is 2. The predicted octanol–water partition coefficient (Wildman–Crippen LogP) is 4.17. The number of ether oxygens (including phenoxy) is 1. The third kappa shape index (κ3) is 4.80. The standard InChI is InChI=1S/C20H26Cl2N2O2/c1-26-16-5-4-6-19(24-9-2-3-10-24)15(11-16)13-23-20(25)14-7-8-17(21)18(22)12-14/h2-3,7-8,12,15-16,19H,4-6,9-11,13H2,1H3,(H,23,25). The molecule has 3 rings (SSSR count). The van der Waals surface area contributed by atoms with Crippen molar-refractivity contribution in [3.63, 3.8) is 0 Å². The average molecular weight is 397 g/mol. The van der Waals surface area contributed by atoms with E-state index >= 15 is 0 Å². The second kappa shape index (κ2) is 9.23. The highest BCUT2D eigenvalue weighted by Gasteiger charge is 2.32. The van der Waals surface area contributed by atoms with Gasteiger partial charge in [0.25, 0.3) is 5.91 Å². The van der Waals surface area contributed by atoms with Gasteiger partial charge < -0.3 is 10.1 Å². The molecule has 1 saturated carbocycles. The van der Waals surface area contributed by atoms with Gasteiger partial charge in [0, 0.05) is 38.3 Å². The van der Waals surface area contributed by atoms with E-state index in [0.29, 0.717) is 34.1 Å². The molecule has 3 unspecified atom stereocenters. The van der Waals surface area contributed by atoms with Crippen LogP contribution in [0.5, 0.6) is 0 Å². The molecular weight excluding hydrogens is 371 g/mol. The molecule has 1 N–H and O–H groups in total. The van der Waals surface area contributed by atoms with Gasteiger partial charge in [-0.1, -0.05) is 35.4 Å². The molecule has 0 saturated heterocycles. The van der Waals surface area contributed by atoms with Crippen LogP contribution in [-0.4, -0.2) is 49.7 Å². The summed E-state index contributed by atoms with van der Waals surface area (Å²) in [5, 5.41) is 3.95. The molecular formula is C20H26Cl2N2O2. The fourth-order valence-corrected chi connectivity index (χ4v) is 4.34. The largest absolute Gasteiger partial charge is 0.381 e. The normalized spacial score (nSPS) is 26.7. The van der Waals surface area contributed by atoms with Gasteiger partial charge in [0.15, 0.2) is 0 Å². The minimum absolute atomic E-state index is 0.111. The van der Waals surface area contributed by atoms with Crippen molar-refractivity contribution in [3.05, 3.63) is 46.0 Å². The third-order valence-electron chi connectivity index (χ3n) is 5.49. The van der Waals surface area contributed by atoms with Crippen LogP contribution >= 0.6 is 23.2 Å². The molecule has 1 aliphatic carbocycles. The van der Waals surface area contributed by atoms with Gasteiger partial charge >= 0.3 is 0 Å². The highest BCUT2D eigenvalue weighted by molar-refractivity contribution is 6.42. The Hall–Kier alpha value is -1.07. The molecule has 1 amide bonds. The lowest BCUT2D eigenvalue weighted by atomic mass is 9.92. The molecule has 4 nitrogen and oxygen atoms in total. The lowest BCUT2D eigenvalue weighted by Crippen LogP contribution is -2.44. The van der Waals surface area contributed by atoms with E-state index in [9.17, 15) is 4.79 Å². The molecule has 1 fully saturated rings. The quantitative estimate of drug-likeness (QED) is 0.599. The molecule has 6 heteroatoms. The Morgan fingerprint density at radius 2 is 2.00 bits per heavy atom. The summed E-state index contributed by atoms with van der Waals surface area (Å²) in [5.41, 5.74) is 0.538. The number of nitrogens with one attached hydrogen (secondary N) is 1. The number of rotatable bonds is 5. The minimum atomic E-state index is -0.111. The number of benzene rings is 1. The molecule has 1 heterocycles. The average Bonchev–Trinajstić information content (AvgIpc) is 3.09. The van der Waals surface area contributed by atoms with Crippen LogP contribution in [-0.2, 0) is 4.74 Å². The molecule has 0 radical (unpaired) electrons. The van der Waals surface area contributed by atoms with Gasteiger partial charge in [-0.05, 0) is 49.8 Å². The van der Waals surface area contributed by atoms with Crippen LogP contribution in [0.1, 0.15) is 36.0 Å². The summed E-state index contributed by atoms with van der Waals surface area (Å²) in [5.74, 6) is 0.258.